The molecule has 150 valence electrons. The van der Waals surface area contributed by atoms with Crippen molar-refractivity contribution in [3.05, 3.63) is 29.3 Å². The molecular weight excluding hydrogens is 362 g/mol. The first-order chi connectivity index (χ1) is 12.8. The van der Waals surface area contributed by atoms with Crippen molar-refractivity contribution in [3.63, 3.8) is 0 Å². The number of sulfonamides is 1. The van der Waals surface area contributed by atoms with Gasteiger partial charge < -0.3 is 10.2 Å². The summed E-state index contributed by atoms with van der Waals surface area (Å²) in [6, 6.07) is 5.78. The van der Waals surface area contributed by atoms with Gasteiger partial charge in [0, 0.05) is 38.1 Å². The predicted molar refractivity (Wildman–Crippen MR) is 106 cm³/mol. The molecule has 2 heterocycles. The molecule has 0 aromatic heterocycles. The quantitative estimate of drug-likeness (QED) is 0.848. The number of hydrogen-bond acceptors (Lipinski definition) is 4. The third-order valence-electron chi connectivity index (χ3n) is 6.13. The third-order valence-corrected chi connectivity index (χ3v) is 8.03. The van der Waals surface area contributed by atoms with Gasteiger partial charge in [-0.25, -0.2) is 8.42 Å². The highest BCUT2D eigenvalue weighted by Crippen LogP contribution is 2.27. The molecule has 0 radical (unpaired) electrons. The molecule has 27 heavy (non-hydrogen) atoms. The molecular formula is C20H31N3O3S. The first kappa shape index (κ1) is 20.3. The van der Waals surface area contributed by atoms with Crippen LogP contribution in [0.3, 0.4) is 0 Å². The maximum Gasteiger partial charge on any atom is 0.243 e. The second-order valence-electron chi connectivity index (χ2n) is 7.81. The minimum absolute atomic E-state index is 0.0534. The van der Waals surface area contributed by atoms with Crippen LogP contribution in [0.4, 0.5) is 0 Å². The molecule has 0 saturated carbocycles. The van der Waals surface area contributed by atoms with Gasteiger partial charge in [-0.2, -0.15) is 4.31 Å². The third kappa shape index (κ3) is 4.36. The summed E-state index contributed by atoms with van der Waals surface area (Å²) in [5.74, 6) is 0.148. The van der Waals surface area contributed by atoms with Crippen LogP contribution < -0.4 is 5.32 Å². The zero-order valence-corrected chi connectivity index (χ0v) is 17.4. The fourth-order valence-corrected chi connectivity index (χ4v) is 5.57. The molecule has 1 N–H and O–H groups in total. The van der Waals surface area contributed by atoms with Crippen molar-refractivity contribution in [3.8, 4) is 0 Å². The van der Waals surface area contributed by atoms with Crippen molar-refractivity contribution in [1.29, 1.82) is 0 Å². The second-order valence-corrected chi connectivity index (χ2v) is 9.75. The van der Waals surface area contributed by atoms with Gasteiger partial charge in [0.15, 0.2) is 0 Å². The van der Waals surface area contributed by atoms with Crippen molar-refractivity contribution in [2.24, 2.45) is 5.92 Å². The van der Waals surface area contributed by atoms with Crippen LogP contribution in [0.5, 0.6) is 0 Å². The number of benzene rings is 1. The van der Waals surface area contributed by atoms with E-state index in [9.17, 15) is 13.2 Å². The van der Waals surface area contributed by atoms with Gasteiger partial charge in [-0.05, 0) is 69.8 Å². The summed E-state index contributed by atoms with van der Waals surface area (Å²) in [5, 5.41) is 3.28. The van der Waals surface area contributed by atoms with Gasteiger partial charge in [-0.3, -0.25) is 4.79 Å². The molecule has 2 aliphatic heterocycles. The van der Waals surface area contributed by atoms with E-state index in [1.54, 1.807) is 12.1 Å². The molecule has 1 aromatic rings. The Kier molecular flexibility index (Phi) is 6.23. The van der Waals surface area contributed by atoms with Gasteiger partial charge in [-0.15, -0.1) is 0 Å². The van der Waals surface area contributed by atoms with Crippen molar-refractivity contribution in [1.82, 2.24) is 14.5 Å². The van der Waals surface area contributed by atoms with E-state index in [4.69, 9.17) is 0 Å². The fourth-order valence-electron chi connectivity index (χ4n) is 4.01. The average Bonchev–Trinajstić information content (AvgIpc) is 2.69. The summed E-state index contributed by atoms with van der Waals surface area (Å²) >= 11 is 0. The van der Waals surface area contributed by atoms with Crippen LogP contribution in [0.15, 0.2) is 23.1 Å². The van der Waals surface area contributed by atoms with Gasteiger partial charge in [0.25, 0.3) is 0 Å². The van der Waals surface area contributed by atoms with E-state index < -0.39 is 10.0 Å². The van der Waals surface area contributed by atoms with Gasteiger partial charge >= 0.3 is 0 Å². The lowest BCUT2D eigenvalue weighted by atomic mass is 9.95. The lowest BCUT2D eigenvalue weighted by Gasteiger charge is -2.37. The Balaban J connectivity index is 1.59. The lowest BCUT2D eigenvalue weighted by molar-refractivity contribution is -0.137. The summed E-state index contributed by atoms with van der Waals surface area (Å²) < 4.78 is 27.4. The number of rotatable bonds is 4. The van der Waals surface area contributed by atoms with Crippen molar-refractivity contribution in [2.45, 2.75) is 50.5 Å². The number of nitrogens with one attached hydrogen (secondary N) is 1. The van der Waals surface area contributed by atoms with Crippen LogP contribution in [0, 0.1) is 19.8 Å². The highest BCUT2D eigenvalue weighted by molar-refractivity contribution is 7.89. The van der Waals surface area contributed by atoms with E-state index in [1.165, 1.54) is 4.31 Å². The van der Waals surface area contributed by atoms with Gasteiger partial charge in [0.05, 0.1) is 4.90 Å². The smallest absolute Gasteiger partial charge is 0.243 e. The number of carbonyl (C=O) groups is 1. The van der Waals surface area contributed by atoms with Crippen molar-refractivity contribution in [2.75, 3.05) is 33.2 Å². The molecule has 2 aliphatic rings. The van der Waals surface area contributed by atoms with Gasteiger partial charge in [0.1, 0.15) is 0 Å². The Labute approximate surface area is 163 Å². The normalized spacial score (nSPS) is 20.8. The molecule has 0 atom stereocenters. The van der Waals surface area contributed by atoms with Gasteiger partial charge in [0.2, 0.25) is 15.9 Å². The van der Waals surface area contributed by atoms with Crippen molar-refractivity contribution < 1.29 is 13.2 Å². The maximum atomic E-state index is 12.9. The Bertz CT molecular complexity index is 778. The number of carbonyl (C=O) groups excluding carboxylic acids is 1. The molecule has 7 heteroatoms. The molecule has 0 bridgehead atoms. The zero-order valence-electron chi connectivity index (χ0n) is 16.6. The molecule has 0 aliphatic carbocycles. The van der Waals surface area contributed by atoms with Crippen LogP contribution in [0.2, 0.25) is 0 Å². The molecule has 1 amide bonds. The topological polar surface area (TPSA) is 69.7 Å². The predicted octanol–water partition coefficient (Wildman–Crippen LogP) is 1.91. The molecule has 0 unspecified atom stereocenters. The number of piperidine rings is 2. The lowest BCUT2D eigenvalue weighted by Crippen LogP contribution is -2.48. The Morgan fingerprint density at radius 1 is 1.00 bits per heavy atom. The van der Waals surface area contributed by atoms with Crippen LogP contribution in [-0.4, -0.2) is 62.8 Å². The molecule has 2 saturated heterocycles. The van der Waals surface area contributed by atoms with Crippen molar-refractivity contribution >= 4 is 15.9 Å². The van der Waals surface area contributed by atoms with E-state index in [-0.39, 0.29) is 11.8 Å². The van der Waals surface area contributed by atoms with Crippen LogP contribution >= 0.6 is 0 Å². The largest absolute Gasteiger partial charge is 0.342 e. The number of nitrogens with zero attached hydrogens (tertiary/aromatic N) is 2. The highest BCUT2D eigenvalue weighted by Gasteiger charge is 2.34. The fraction of sp³-hybridized carbons (Fsp3) is 0.650. The van der Waals surface area contributed by atoms with Crippen LogP contribution in [0.1, 0.15) is 36.8 Å². The monoisotopic (exact) mass is 393 g/mol. The SMILES string of the molecule is CNC1CCN(C(=O)C2CCN(S(=O)(=O)c3ccc(C)c(C)c3)CC2)CC1. The standard InChI is InChI=1S/C20H31N3O3S/c1-15-4-5-19(14-16(15)2)27(25,26)23-12-6-17(7-13-23)20(24)22-10-8-18(21-3)9-11-22/h4-5,14,17-18,21H,6-13H2,1-3H3. The minimum Gasteiger partial charge on any atom is -0.342 e. The Morgan fingerprint density at radius 3 is 2.19 bits per heavy atom. The zero-order chi connectivity index (χ0) is 19.6. The maximum absolute atomic E-state index is 12.9. The first-order valence-electron chi connectivity index (χ1n) is 9.86. The van der Waals surface area contributed by atoms with E-state index >= 15 is 0 Å². The number of aryl methyl sites for hydroxylation is 2. The molecule has 3 rings (SSSR count). The van der Waals surface area contributed by atoms with E-state index in [1.807, 2.05) is 31.9 Å². The van der Waals surface area contributed by atoms with E-state index in [0.717, 1.165) is 37.1 Å². The van der Waals surface area contributed by atoms with Crippen LogP contribution in [0.25, 0.3) is 0 Å². The number of hydrogen-bond donors (Lipinski definition) is 1. The summed E-state index contributed by atoms with van der Waals surface area (Å²) in [6.07, 6.45) is 3.19. The molecule has 6 nitrogen and oxygen atoms in total. The first-order valence-corrected chi connectivity index (χ1v) is 11.3. The summed E-state index contributed by atoms with van der Waals surface area (Å²) in [5.41, 5.74) is 2.06. The number of amides is 1. The highest BCUT2D eigenvalue weighted by atomic mass is 32.2. The van der Waals surface area contributed by atoms with E-state index in [0.29, 0.717) is 36.9 Å². The average molecular weight is 394 g/mol. The van der Waals surface area contributed by atoms with Crippen LogP contribution in [-0.2, 0) is 14.8 Å². The molecule has 2 fully saturated rings. The van der Waals surface area contributed by atoms with E-state index in [2.05, 4.69) is 5.32 Å². The molecule has 0 spiro atoms. The summed E-state index contributed by atoms with van der Waals surface area (Å²) in [4.78, 5) is 15.1. The Morgan fingerprint density at radius 2 is 1.63 bits per heavy atom. The Hall–Kier alpha value is -1.44. The summed E-state index contributed by atoms with van der Waals surface area (Å²) in [7, 11) is -1.52. The number of likely N-dealkylation sites (tertiary alicyclic amines) is 1. The second kappa shape index (κ2) is 8.29. The van der Waals surface area contributed by atoms with Gasteiger partial charge in [-0.1, -0.05) is 6.07 Å². The minimum atomic E-state index is -3.49. The summed E-state index contributed by atoms with van der Waals surface area (Å²) in [6.45, 7) is 6.33. The molecule has 1 aromatic carbocycles.